The third kappa shape index (κ3) is 4.33. The predicted molar refractivity (Wildman–Crippen MR) is 79.3 cm³/mol. The Labute approximate surface area is 124 Å². The molecule has 0 amide bonds. The van der Waals surface area contributed by atoms with Crippen molar-refractivity contribution in [1.29, 1.82) is 0 Å². The summed E-state index contributed by atoms with van der Waals surface area (Å²) in [5, 5.41) is 7.07. The van der Waals surface area contributed by atoms with Crippen LogP contribution in [0.5, 0.6) is 0 Å². The zero-order valence-corrected chi connectivity index (χ0v) is 13.4. The molecule has 0 atom stereocenters. The molecule has 2 heterocycles. The van der Waals surface area contributed by atoms with Crippen LogP contribution in [-0.2, 0) is 23.6 Å². The summed E-state index contributed by atoms with van der Waals surface area (Å²) in [6.07, 6.45) is 1.65. The van der Waals surface area contributed by atoms with Gasteiger partial charge in [-0.3, -0.25) is 9.40 Å². The zero-order valence-electron chi connectivity index (χ0n) is 12.5. The first-order valence-electron chi connectivity index (χ1n) is 6.52. The highest BCUT2D eigenvalue weighted by atomic mass is 32.2. The number of aromatic nitrogens is 2. The fourth-order valence-corrected chi connectivity index (χ4v) is 2.56. The van der Waals surface area contributed by atoms with E-state index in [0.29, 0.717) is 12.3 Å². The maximum absolute atomic E-state index is 12.2. The van der Waals surface area contributed by atoms with Crippen LogP contribution in [0.4, 0.5) is 5.82 Å². The van der Waals surface area contributed by atoms with Crippen LogP contribution in [0.1, 0.15) is 26.5 Å². The lowest BCUT2D eigenvalue weighted by Gasteiger charge is -2.19. The van der Waals surface area contributed by atoms with Gasteiger partial charge in [0.05, 0.1) is 6.54 Å². The Hall–Kier alpha value is -1.80. The molecular formula is C13H20N4O3S. The summed E-state index contributed by atoms with van der Waals surface area (Å²) < 4.78 is 33.6. The van der Waals surface area contributed by atoms with Crippen LogP contribution in [-0.4, -0.2) is 23.7 Å². The third-order valence-electron chi connectivity index (χ3n) is 2.65. The van der Waals surface area contributed by atoms with Crippen molar-refractivity contribution < 1.29 is 12.8 Å². The van der Waals surface area contributed by atoms with E-state index in [2.05, 4.69) is 15.1 Å². The second-order valence-electron chi connectivity index (χ2n) is 5.80. The lowest BCUT2D eigenvalue weighted by Crippen LogP contribution is -2.34. The van der Waals surface area contributed by atoms with Gasteiger partial charge in [0.25, 0.3) is 10.0 Å². The second kappa shape index (κ2) is 5.53. The standard InChI is InChI=1S/C13H20N4O3S/c1-13(2,3)14-9-10-5-6-12(20-10)21(18,19)16-11-7-8-17(4)15-11/h5-8,14H,9H2,1-4H3,(H,15,16). The maximum Gasteiger partial charge on any atom is 0.296 e. The maximum atomic E-state index is 12.2. The molecule has 0 bridgehead atoms. The van der Waals surface area contributed by atoms with Crippen molar-refractivity contribution in [2.45, 2.75) is 37.9 Å². The van der Waals surface area contributed by atoms with E-state index in [-0.39, 0.29) is 16.4 Å². The summed E-state index contributed by atoms with van der Waals surface area (Å²) >= 11 is 0. The van der Waals surface area contributed by atoms with E-state index in [1.165, 1.54) is 10.7 Å². The Balaban J connectivity index is 2.09. The van der Waals surface area contributed by atoms with Crippen molar-refractivity contribution in [3.8, 4) is 0 Å². The van der Waals surface area contributed by atoms with Crippen molar-refractivity contribution in [3.05, 3.63) is 30.2 Å². The van der Waals surface area contributed by atoms with Crippen molar-refractivity contribution in [1.82, 2.24) is 15.1 Å². The van der Waals surface area contributed by atoms with Crippen LogP contribution in [0.15, 0.2) is 33.9 Å². The number of sulfonamides is 1. The molecule has 2 aromatic heterocycles. The Morgan fingerprint density at radius 2 is 2.00 bits per heavy atom. The number of hydrogen-bond acceptors (Lipinski definition) is 5. The Morgan fingerprint density at radius 3 is 2.57 bits per heavy atom. The first kappa shape index (κ1) is 15.6. The fraction of sp³-hybridized carbons (Fsp3) is 0.462. The smallest absolute Gasteiger partial charge is 0.296 e. The minimum atomic E-state index is -3.75. The molecule has 0 aliphatic carbocycles. The van der Waals surface area contributed by atoms with Gasteiger partial charge in [0.1, 0.15) is 5.76 Å². The number of rotatable bonds is 5. The van der Waals surface area contributed by atoms with Crippen molar-refractivity contribution in [3.63, 3.8) is 0 Å². The average molecular weight is 312 g/mol. The van der Waals surface area contributed by atoms with Gasteiger partial charge in [-0.15, -0.1) is 0 Å². The molecule has 2 N–H and O–H groups in total. The molecule has 0 spiro atoms. The quantitative estimate of drug-likeness (QED) is 0.877. The molecule has 8 heteroatoms. The highest BCUT2D eigenvalue weighted by molar-refractivity contribution is 7.92. The summed E-state index contributed by atoms with van der Waals surface area (Å²) in [5.74, 6) is 0.814. The van der Waals surface area contributed by atoms with E-state index >= 15 is 0 Å². The van der Waals surface area contributed by atoms with Gasteiger partial charge in [-0.1, -0.05) is 0 Å². The zero-order chi connectivity index (χ0) is 15.7. The van der Waals surface area contributed by atoms with Gasteiger partial charge in [-0.2, -0.15) is 13.5 Å². The van der Waals surface area contributed by atoms with Gasteiger partial charge >= 0.3 is 0 Å². The number of nitrogens with zero attached hydrogens (tertiary/aromatic N) is 2. The van der Waals surface area contributed by atoms with Crippen LogP contribution >= 0.6 is 0 Å². The highest BCUT2D eigenvalue weighted by Crippen LogP contribution is 2.17. The van der Waals surface area contributed by atoms with Crippen LogP contribution in [0.3, 0.4) is 0 Å². The first-order valence-corrected chi connectivity index (χ1v) is 8.00. The van der Waals surface area contributed by atoms with Gasteiger partial charge in [-0.05, 0) is 32.9 Å². The van der Waals surface area contributed by atoms with Crippen LogP contribution in [0.25, 0.3) is 0 Å². The summed E-state index contributed by atoms with van der Waals surface area (Å²) in [7, 11) is -2.04. The van der Waals surface area contributed by atoms with Gasteiger partial charge in [0, 0.05) is 24.8 Å². The van der Waals surface area contributed by atoms with Crippen LogP contribution < -0.4 is 10.0 Å². The molecule has 0 aliphatic heterocycles. The minimum absolute atomic E-state index is 0.0714. The van der Waals surface area contributed by atoms with Gasteiger partial charge in [0.15, 0.2) is 5.82 Å². The number of aryl methyl sites for hydroxylation is 1. The molecule has 21 heavy (non-hydrogen) atoms. The SMILES string of the molecule is Cn1ccc(NS(=O)(=O)c2ccc(CNC(C)(C)C)o2)n1. The van der Waals surface area contributed by atoms with E-state index in [4.69, 9.17) is 4.42 Å². The fourth-order valence-electron chi connectivity index (χ4n) is 1.61. The van der Waals surface area contributed by atoms with E-state index < -0.39 is 10.0 Å². The topological polar surface area (TPSA) is 89.2 Å². The summed E-state index contributed by atoms with van der Waals surface area (Å²) in [5.41, 5.74) is -0.0714. The Bertz CT molecular complexity index is 710. The molecule has 2 rings (SSSR count). The number of furan rings is 1. The summed E-state index contributed by atoms with van der Waals surface area (Å²) in [6.45, 7) is 6.53. The molecular weight excluding hydrogens is 292 g/mol. The first-order chi connectivity index (χ1) is 9.66. The molecule has 0 fully saturated rings. The number of anilines is 1. The van der Waals surface area contributed by atoms with Crippen LogP contribution in [0.2, 0.25) is 0 Å². The third-order valence-corrected chi connectivity index (χ3v) is 3.87. The number of nitrogens with one attached hydrogen (secondary N) is 2. The molecule has 0 radical (unpaired) electrons. The van der Waals surface area contributed by atoms with E-state index in [0.717, 1.165) is 0 Å². The van der Waals surface area contributed by atoms with E-state index in [9.17, 15) is 8.42 Å². The lowest BCUT2D eigenvalue weighted by molar-refractivity contribution is 0.360. The Morgan fingerprint density at radius 1 is 1.29 bits per heavy atom. The summed E-state index contributed by atoms with van der Waals surface area (Å²) in [6, 6.07) is 4.65. The lowest BCUT2D eigenvalue weighted by atomic mass is 10.1. The molecule has 7 nitrogen and oxygen atoms in total. The monoisotopic (exact) mass is 312 g/mol. The van der Waals surface area contributed by atoms with E-state index in [1.807, 2.05) is 20.8 Å². The van der Waals surface area contributed by atoms with Gasteiger partial charge < -0.3 is 9.73 Å². The van der Waals surface area contributed by atoms with Crippen molar-refractivity contribution in [2.75, 3.05) is 4.72 Å². The van der Waals surface area contributed by atoms with Gasteiger partial charge in [0.2, 0.25) is 5.09 Å². The van der Waals surface area contributed by atoms with Crippen LogP contribution in [0, 0.1) is 0 Å². The van der Waals surface area contributed by atoms with Gasteiger partial charge in [-0.25, -0.2) is 0 Å². The normalized spacial score (nSPS) is 12.6. The number of hydrogen-bond donors (Lipinski definition) is 2. The highest BCUT2D eigenvalue weighted by Gasteiger charge is 2.20. The second-order valence-corrected chi connectivity index (χ2v) is 7.42. The molecule has 0 aliphatic rings. The molecule has 0 aromatic carbocycles. The largest absolute Gasteiger partial charge is 0.446 e. The van der Waals surface area contributed by atoms with E-state index in [1.54, 1.807) is 25.4 Å². The molecule has 116 valence electrons. The molecule has 2 aromatic rings. The Kier molecular flexibility index (Phi) is 4.11. The van der Waals surface area contributed by atoms with Crippen molar-refractivity contribution >= 4 is 15.8 Å². The molecule has 0 saturated heterocycles. The summed E-state index contributed by atoms with van der Waals surface area (Å²) in [4.78, 5) is 0. The van der Waals surface area contributed by atoms with Crippen molar-refractivity contribution in [2.24, 2.45) is 7.05 Å². The average Bonchev–Trinajstić information content (AvgIpc) is 2.95. The minimum Gasteiger partial charge on any atom is -0.446 e. The molecule has 0 unspecified atom stereocenters. The predicted octanol–water partition coefficient (Wildman–Crippen LogP) is 1.70. The molecule has 0 saturated carbocycles.